The highest BCUT2D eigenvalue weighted by molar-refractivity contribution is 8.01. The number of aromatic nitrogens is 5. The van der Waals surface area contributed by atoms with Crippen LogP contribution in [0.2, 0.25) is 0 Å². The van der Waals surface area contributed by atoms with Crippen molar-refractivity contribution < 1.29 is 9.53 Å². The first-order valence-corrected chi connectivity index (χ1v) is 13.6. The van der Waals surface area contributed by atoms with E-state index in [1.54, 1.807) is 18.9 Å². The molecule has 12 heteroatoms. The van der Waals surface area contributed by atoms with Crippen molar-refractivity contribution in [1.82, 2.24) is 25.0 Å². The Kier molecular flexibility index (Phi) is 9.12. The molecule has 0 atom stereocenters. The van der Waals surface area contributed by atoms with Crippen LogP contribution in [0.4, 0.5) is 10.8 Å². The third-order valence-electron chi connectivity index (χ3n) is 4.72. The zero-order chi connectivity index (χ0) is 24.5. The van der Waals surface area contributed by atoms with E-state index in [2.05, 4.69) is 50.1 Å². The second-order valence-corrected chi connectivity index (χ2v) is 10.6. The van der Waals surface area contributed by atoms with E-state index in [1.165, 1.54) is 28.7 Å². The van der Waals surface area contributed by atoms with Gasteiger partial charge in [-0.15, -0.1) is 20.4 Å². The van der Waals surface area contributed by atoms with E-state index in [1.807, 2.05) is 47.0 Å². The van der Waals surface area contributed by atoms with E-state index >= 15 is 0 Å². The molecule has 182 valence electrons. The molecule has 9 nitrogen and oxygen atoms in total. The molecule has 0 spiro atoms. The molecule has 4 aromatic rings. The molecule has 0 bridgehead atoms. The Morgan fingerprint density at radius 1 is 1.03 bits per heavy atom. The van der Waals surface area contributed by atoms with Gasteiger partial charge in [0.05, 0.1) is 18.9 Å². The maximum atomic E-state index is 12.6. The van der Waals surface area contributed by atoms with Crippen LogP contribution in [0.15, 0.2) is 64.1 Å². The molecule has 0 saturated carbocycles. The molecule has 35 heavy (non-hydrogen) atoms. The van der Waals surface area contributed by atoms with Gasteiger partial charge < -0.3 is 10.1 Å². The van der Waals surface area contributed by atoms with Crippen LogP contribution in [-0.4, -0.2) is 56.1 Å². The molecule has 0 aliphatic heterocycles. The number of carbonyl (C=O) groups excluding carboxylic acids is 1. The molecule has 0 radical (unpaired) electrons. The lowest BCUT2D eigenvalue weighted by Gasteiger charge is -2.11. The molecule has 0 fully saturated rings. The Hall–Kier alpha value is -2.93. The third kappa shape index (κ3) is 7.28. The minimum Gasteiger partial charge on any atom is -0.384 e. The van der Waals surface area contributed by atoms with E-state index in [0.29, 0.717) is 23.4 Å². The Bertz CT molecular complexity index is 1230. The van der Waals surface area contributed by atoms with Gasteiger partial charge in [0.1, 0.15) is 0 Å². The van der Waals surface area contributed by atoms with Gasteiger partial charge in [0, 0.05) is 24.2 Å². The number of para-hydroxylation sites is 1. The summed E-state index contributed by atoms with van der Waals surface area (Å²) in [6.07, 6.45) is 0. The second-order valence-electron chi connectivity index (χ2n) is 7.34. The van der Waals surface area contributed by atoms with Gasteiger partial charge in [-0.3, -0.25) is 14.7 Å². The maximum Gasteiger partial charge on any atom is 0.236 e. The number of ether oxygens (including phenoxy) is 1. The summed E-state index contributed by atoms with van der Waals surface area (Å²) < 4.78 is 7.80. The Morgan fingerprint density at radius 2 is 1.83 bits per heavy atom. The Balaban J connectivity index is 1.40. The lowest BCUT2D eigenvalue weighted by Crippen LogP contribution is -2.14. The molecule has 2 N–H and O–H groups in total. The highest BCUT2D eigenvalue weighted by atomic mass is 32.2. The van der Waals surface area contributed by atoms with Crippen molar-refractivity contribution in [3.8, 4) is 5.69 Å². The summed E-state index contributed by atoms with van der Waals surface area (Å²) in [6, 6.07) is 18.1. The Labute approximate surface area is 216 Å². The fourth-order valence-electron chi connectivity index (χ4n) is 3.01. The molecule has 0 saturated heterocycles. The van der Waals surface area contributed by atoms with Crippen molar-refractivity contribution in [3.63, 3.8) is 0 Å². The molecular formula is C23H25N7O2S3. The summed E-state index contributed by atoms with van der Waals surface area (Å²) >= 11 is 4.21. The average molecular weight is 528 g/mol. The summed E-state index contributed by atoms with van der Waals surface area (Å²) in [5.41, 5.74) is 3.14. The molecule has 2 aromatic carbocycles. The van der Waals surface area contributed by atoms with E-state index in [0.717, 1.165) is 27.3 Å². The van der Waals surface area contributed by atoms with Crippen LogP contribution in [0.5, 0.6) is 0 Å². The van der Waals surface area contributed by atoms with Crippen molar-refractivity contribution in [1.29, 1.82) is 0 Å². The number of carbonyl (C=O) groups is 1. The third-order valence-corrected chi connectivity index (χ3v) is 7.58. The van der Waals surface area contributed by atoms with Crippen LogP contribution in [0.1, 0.15) is 11.4 Å². The number of aryl methyl sites for hydroxylation is 1. The lowest BCUT2D eigenvalue weighted by atomic mass is 10.2. The van der Waals surface area contributed by atoms with Crippen LogP contribution in [0.3, 0.4) is 0 Å². The smallest absolute Gasteiger partial charge is 0.236 e. The SMILES string of the molecule is COCCSc1nnc(NC(=O)CSc2nnc(CNc3ccc(C)cc3)n2-c2ccccc2)s1. The number of hydrogen-bond acceptors (Lipinski definition) is 10. The normalized spacial score (nSPS) is 10.9. The number of nitrogens with zero attached hydrogens (tertiary/aromatic N) is 5. The monoisotopic (exact) mass is 527 g/mol. The first-order valence-electron chi connectivity index (χ1n) is 10.8. The van der Waals surface area contributed by atoms with Crippen LogP contribution >= 0.6 is 34.9 Å². The van der Waals surface area contributed by atoms with Crippen LogP contribution in [-0.2, 0) is 16.1 Å². The number of anilines is 2. The predicted octanol–water partition coefficient (Wildman–Crippen LogP) is 4.51. The van der Waals surface area contributed by atoms with Crippen molar-refractivity contribution in [2.75, 3.05) is 35.9 Å². The van der Waals surface area contributed by atoms with Gasteiger partial charge >= 0.3 is 0 Å². The molecule has 1 amide bonds. The zero-order valence-corrected chi connectivity index (χ0v) is 21.8. The maximum absolute atomic E-state index is 12.6. The number of hydrogen-bond donors (Lipinski definition) is 2. The van der Waals surface area contributed by atoms with Crippen molar-refractivity contribution in [3.05, 3.63) is 66.0 Å². The number of methoxy groups -OCH3 is 1. The van der Waals surface area contributed by atoms with Gasteiger partial charge in [-0.2, -0.15) is 0 Å². The fraction of sp³-hybridized carbons (Fsp3) is 0.261. The quantitative estimate of drug-likeness (QED) is 0.156. The molecule has 0 aliphatic carbocycles. The van der Waals surface area contributed by atoms with Crippen molar-refractivity contribution >= 4 is 51.6 Å². The predicted molar refractivity (Wildman–Crippen MR) is 142 cm³/mol. The molecule has 2 heterocycles. The average Bonchev–Trinajstić information content (AvgIpc) is 3.49. The van der Waals surface area contributed by atoms with Crippen LogP contribution in [0, 0.1) is 6.92 Å². The van der Waals surface area contributed by atoms with Crippen molar-refractivity contribution in [2.45, 2.75) is 23.0 Å². The fourth-order valence-corrected chi connectivity index (χ4v) is 5.52. The number of thioether (sulfide) groups is 2. The van der Waals surface area contributed by atoms with E-state index < -0.39 is 0 Å². The molecule has 2 aromatic heterocycles. The largest absolute Gasteiger partial charge is 0.384 e. The standard InChI is InChI=1S/C23H25N7O2S3/c1-16-8-10-17(11-9-16)24-14-19-26-28-22(30(19)18-6-4-3-5-7-18)34-15-20(31)25-21-27-29-23(35-21)33-13-12-32-2/h3-11,24H,12-15H2,1-2H3,(H,25,27,31). The van der Waals surface area contributed by atoms with Crippen molar-refractivity contribution in [2.24, 2.45) is 0 Å². The molecule has 4 rings (SSSR count). The van der Waals surface area contributed by atoms with E-state index in [9.17, 15) is 4.79 Å². The summed E-state index contributed by atoms with van der Waals surface area (Å²) in [4.78, 5) is 12.6. The van der Waals surface area contributed by atoms with Gasteiger partial charge in [-0.25, -0.2) is 0 Å². The van der Waals surface area contributed by atoms with Gasteiger partial charge in [0.15, 0.2) is 15.3 Å². The molecular weight excluding hydrogens is 503 g/mol. The second kappa shape index (κ2) is 12.7. The summed E-state index contributed by atoms with van der Waals surface area (Å²) in [7, 11) is 1.66. The highest BCUT2D eigenvalue weighted by Gasteiger charge is 2.17. The molecule has 0 unspecified atom stereocenters. The summed E-state index contributed by atoms with van der Waals surface area (Å²) in [6.45, 7) is 3.18. The van der Waals surface area contributed by atoms with Gasteiger partial charge in [-0.05, 0) is 31.2 Å². The minimum atomic E-state index is -0.179. The van der Waals surface area contributed by atoms with Gasteiger partial charge in [0.25, 0.3) is 0 Å². The highest BCUT2D eigenvalue weighted by Crippen LogP contribution is 2.26. The summed E-state index contributed by atoms with van der Waals surface area (Å²) in [5, 5.41) is 24.2. The van der Waals surface area contributed by atoms with Crippen LogP contribution < -0.4 is 10.6 Å². The number of nitrogens with one attached hydrogen (secondary N) is 2. The van der Waals surface area contributed by atoms with Crippen LogP contribution in [0.25, 0.3) is 5.69 Å². The minimum absolute atomic E-state index is 0.169. The summed E-state index contributed by atoms with van der Waals surface area (Å²) in [5.74, 6) is 1.52. The van der Waals surface area contributed by atoms with Gasteiger partial charge in [-0.1, -0.05) is 70.8 Å². The van der Waals surface area contributed by atoms with E-state index in [-0.39, 0.29) is 11.7 Å². The lowest BCUT2D eigenvalue weighted by molar-refractivity contribution is -0.113. The first kappa shape index (κ1) is 25.2. The Morgan fingerprint density at radius 3 is 2.60 bits per heavy atom. The van der Waals surface area contributed by atoms with E-state index in [4.69, 9.17) is 4.74 Å². The number of benzene rings is 2. The number of amides is 1. The first-order chi connectivity index (χ1) is 17.1. The zero-order valence-electron chi connectivity index (χ0n) is 19.3. The topological polar surface area (TPSA) is 107 Å². The number of rotatable bonds is 12. The molecule has 0 aliphatic rings. The van der Waals surface area contributed by atoms with Gasteiger partial charge in [0.2, 0.25) is 11.0 Å².